The number of benzene rings is 2. The van der Waals surface area contributed by atoms with Gasteiger partial charge in [0.2, 0.25) is 0 Å². The Balaban J connectivity index is 1.46. The highest BCUT2D eigenvalue weighted by atomic mass is 16.5. The summed E-state index contributed by atoms with van der Waals surface area (Å²) < 4.78 is 7.76. The van der Waals surface area contributed by atoms with Crippen LogP contribution < -0.4 is 15.4 Å². The van der Waals surface area contributed by atoms with Crippen LogP contribution >= 0.6 is 0 Å². The van der Waals surface area contributed by atoms with Gasteiger partial charge in [0.1, 0.15) is 12.4 Å². The molecular formula is C20H22N4O2. The molecule has 0 unspecified atom stereocenters. The average Bonchev–Trinajstić information content (AvgIpc) is 3.19. The van der Waals surface area contributed by atoms with Gasteiger partial charge in [-0.3, -0.25) is 0 Å². The molecule has 3 rings (SSSR count). The van der Waals surface area contributed by atoms with Crippen LogP contribution in [0.1, 0.15) is 12.0 Å². The minimum Gasteiger partial charge on any atom is -0.489 e. The number of urea groups is 1. The van der Waals surface area contributed by atoms with Crippen molar-refractivity contribution in [3.05, 3.63) is 78.9 Å². The second-order valence-electron chi connectivity index (χ2n) is 5.79. The first kappa shape index (κ1) is 17.5. The van der Waals surface area contributed by atoms with Crippen LogP contribution in [0.5, 0.6) is 5.75 Å². The van der Waals surface area contributed by atoms with Gasteiger partial charge in [0.15, 0.2) is 0 Å². The summed E-state index contributed by atoms with van der Waals surface area (Å²) in [7, 11) is 0. The largest absolute Gasteiger partial charge is 0.489 e. The van der Waals surface area contributed by atoms with E-state index in [0.717, 1.165) is 30.0 Å². The average molecular weight is 350 g/mol. The lowest BCUT2D eigenvalue weighted by atomic mass is 10.2. The standard InChI is InChI=1S/C20H22N4O2/c25-20(22-11-6-13-24-14-12-21-16-24)23-19-10-5-4-7-17(19)15-26-18-8-2-1-3-9-18/h1-5,7-10,12,14,16H,6,11,13,15H2,(H2,22,23,25). The summed E-state index contributed by atoms with van der Waals surface area (Å²) in [6.07, 6.45) is 6.25. The minimum atomic E-state index is -0.220. The number of aromatic nitrogens is 2. The van der Waals surface area contributed by atoms with E-state index in [2.05, 4.69) is 15.6 Å². The van der Waals surface area contributed by atoms with Crippen molar-refractivity contribution in [1.29, 1.82) is 0 Å². The summed E-state index contributed by atoms with van der Waals surface area (Å²) in [5, 5.41) is 5.76. The Bertz CT molecular complexity index is 804. The van der Waals surface area contributed by atoms with Crippen molar-refractivity contribution in [2.45, 2.75) is 19.6 Å². The quantitative estimate of drug-likeness (QED) is 0.609. The number of rotatable bonds is 8. The maximum Gasteiger partial charge on any atom is 0.319 e. The molecular weight excluding hydrogens is 328 g/mol. The molecule has 0 fully saturated rings. The van der Waals surface area contributed by atoms with E-state index >= 15 is 0 Å². The second kappa shape index (κ2) is 9.27. The summed E-state index contributed by atoms with van der Waals surface area (Å²) in [6.45, 7) is 1.80. The van der Waals surface area contributed by atoms with E-state index in [4.69, 9.17) is 4.74 Å². The molecule has 0 bridgehead atoms. The third kappa shape index (κ3) is 5.37. The summed E-state index contributed by atoms with van der Waals surface area (Å²) in [6, 6.07) is 17.0. The van der Waals surface area contributed by atoms with Gasteiger partial charge in [-0.05, 0) is 24.6 Å². The van der Waals surface area contributed by atoms with Crippen molar-refractivity contribution < 1.29 is 9.53 Å². The number of anilines is 1. The van der Waals surface area contributed by atoms with Crippen molar-refractivity contribution in [2.75, 3.05) is 11.9 Å². The molecule has 1 heterocycles. The predicted octanol–water partition coefficient (Wildman–Crippen LogP) is 3.67. The van der Waals surface area contributed by atoms with Crippen LogP contribution in [0.15, 0.2) is 73.3 Å². The number of hydrogen-bond donors (Lipinski definition) is 2. The smallest absolute Gasteiger partial charge is 0.319 e. The van der Waals surface area contributed by atoms with Crippen LogP contribution in [0.25, 0.3) is 0 Å². The Morgan fingerprint density at radius 3 is 2.69 bits per heavy atom. The molecule has 2 aromatic carbocycles. The Hall–Kier alpha value is -3.28. The number of amides is 2. The minimum absolute atomic E-state index is 0.220. The zero-order valence-corrected chi connectivity index (χ0v) is 14.5. The van der Waals surface area contributed by atoms with Crippen molar-refractivity contribution >= 4 is 11.7 Å². The molecule has 3 aromatic rings. The first-order valence-corrected chi connectivity index (χ1v) is 8.57. The van der Waals surface area contributed by atoms with Gasteiger partial charge in [0.25, 0.3) is 0 Å². The highest BCUT2D eigenvalue weighted by Crippen LogP contribution is 2.18. The number of para-hydroxylation sites is 2. The summed E-state index contributed by atoms with van der Waals surface area (Å²) in [4.78, 5) is 16.1. The fourth-order valence-corrected chi connectivity index (χ4v) is 2.49. The van der Waals surface area contributed by atoms with Gasteiger partial charge in [-0.25, -0.2) is 9.78 Å². The van der Waals surface area contributed by atoms with Crippen LogP contribution in [0.3, 0.4) is 0 Å². The lowest BCUT2D eigenvalue weighted by Gasteiger charge is -2.13. The van der Waals surface area contributed by atoms with Crippen LogP contribution in [-0.2, 0) is 13.2 Å². The van der Waals surface area contributed by atoms with Gasteiger partial charge in [-0.1, -0.05) is 36.4 Å². The van der Waals surface area contributed by atoms with Crippen LogP contribution in [-0.4, -0.2) is 22.1 Å². The Kier molecular flexibility index (Phi) is 6.25. The van der Waals surface area contributed by atoms with Crippen LogP contribution in [0, 0.1) is 0 Å². The first-order chi connectivity index (χ1) is 12.8. The van der Waals surface area contributed by atoms with Gasteiger partial charge < -0.3 is 19.9 Å². The van der Waals surface area contributed by atoms with Gasteiger partial charge >= 0.3 is 6.03 Å². The molecule has 134 valence electrons. The highest BCUT2D eigenvalue weighted by Gasteiger charge is 2.06. The second-order valence-corrected chi connectivity index (χ2v) is 5.79. The molecule has 0 aliphatic rings. The van der Waals surface area contributed by atoms with E-state index in [1.54, 1.807) is 12.5 Å². The van der Waals surface area contributed by atoms with Gasteiger partial charge in [-0.2, -0.15) is 0 Å². The van der Waals surface area contributed by atoms with E-state index in [9.17, 15) is 4.79 Å². The first-order valence-electron chi connectivity index (χ1n) is 8.57. The van der Waals surface area contributed by atoms with Crippen molar-refractivity contribution in [3.63, 3.8) is 0 Å². The predicted molar refractivity (Wildman–Crippen MR) is 101 cm³/mol. The van der Waals surface area contributed by atoms with Crippen LogP contribution in [0.4, 0.5) is 10.5 Å². The summed E-state index contributed by atoms with van der Waals surface area (Å²) in [5.41, 5.74) is 1.67. The maximum absolute atomic E-state index is 12.1. The molecule has 0 atom stereocenters. The van der Waals surface area contributed by atoms with Gasteiger partial charge in [-0.15, -0.1) is 0 Å². The van der Waals surface area contributed by atoms with E-state index in [0.29, 0.717) is 13.2 Å². The molecule has 0 spiro atoms. The van der Waals surface area contributed by atoms with E-state index in [1.807, 2.05) is 65.4 Å². The maximum atomic E-state index is 12.1. The fraction of sp³-hybridized carbons (Fsp3) is 0.200. The Morgan fingerprint density at radius 1 is 1.08 bits per heavy atom. The van der Waals surface area contributed by atoms with Crippen LogP contribution in [0.2, 0.25) is 0 Å². The third-order valence-electron chi connectivity index (χ3n) is 3.84. The van der Waals surface area contributed by atoms with Crippen molar-refractivity contribution in [3.8, 4) is 5.75 Å². The van der Waals surface area contributed by atoms with Gasteiger partial charge in [0, 0.05) is 36.7 Å². The highest BCUT2D eigenvalue weighted by molar-refractivity contribution is 5.90. The Morgan fingerprint density at radius 2 is 1.88 bits per heavy atom. The molecule has 0 saturated heterocycles. The Labute approximate surface area is 152 Å². The number of nitrogens with zero attached hydrogens (tertiary/aromatic N) is 2. The molecule has 2 N–H and O–H groups in total. The number of ether oxygens (including phenoxy) is 1. The van der Waals surface area contributed by atoms with E-state index in [1.165, 1.54) is 0 Å². The molecule has 0 radical (unpaired) electrons. The molecule has 6 nitrogen and oxygen atoms in total. The molecule has 1 aromatic heterocycles. The number of nitrogens with one attached hydrogen (secondary N) is 2. The zero-order chi connectivity index (χ0) is 18.0. The normalized spacial score (nSPS) is 10.3. The third-order valence-corrected chi connectivity index (χ3v) is 3.84. The number of hydrogen-bond acceptors (Lipinski definition) is 3. The fourth-order valence-electron chi connectivity index (χ4n) is 2.49. The van der Waals surface area contributed by atoms with E-state index in [-0.39, 0.29) is 6.03 Å². The number of aryl methyl sites for hydroxylation is 1. The lowest BCUT2D eigenvalue weighted by Crippen LogP contribution is -2.30. The van der Waals surface area contributed by atoms with Crippen molar-refractivity contribution in [1.82, 2.24) is 14.9 Å². The lowest BCUT2D eigenvalue weighted by molar-refractivity contribution is 0.251. The molecule has 6 heteroatoms. The molecule has 0 aliphatic carbocycles. The molecule has 0 aliphatic heterocycles. The SMILES string of the molecule is O=C(NCCCn1ccnc1)Nc1ccccc1COc1ccccc1. The monoisotopic (exact) mass is 350 g/mol. The summed E-state index contributed by atoms with van der Waals surface area (Å²) >= 11 is 0. The number of carbonyl (C=O) groups is 1. The van der Waals surface area contributed by atoms with E-state index < -0.39 is 0 Å². The molecule has 26 heavy (non-hydrogen) atoms. The summed E-state index contributed by atoms with van der Waals surface area (Å²) in [5.74, 6) is 0.797. The zero-order valence-electron chi connectivity index (χ0n) is 14.5. The molecule has 2 amide bonds. The number of imidazole rings is 1. The van der Waals surface area contributed by atoms with Gasteiger partial charge in [0.05, 0.1) is 6.33 Å². The molecule has 0 saturated carbocycles. The van der Waals surface area contributed by atoms with Crippen molar-refractivity contribution in [2.24, 2.45) is 0 Å². The topological polar surface area (TPSA) is 68.2 Å². The number of carbonyl (C=O) groups excluding carboxylic acids is 1.